The molecule has 0 radical (unpaired) electrons. The predicted octanol–water partition coefficient (Wildman–Crippen LogP) is 11.7. The van der Waals surface area contributed by atoms with Crippen molar-refractivity contribution in [3.63, 3.8) is 0 Å². The molecule has 6 unspecified atom stereocenters. The van der Waals surface area contributed by atoms with Gasteiger partial charge < -0.3 is 24.7 Å². The average molecular weight is 755 g/mol. The van der Waals surface area contributed by atoms with Crippen LogP contribution < -0.4 is 0 Å². The molecule has 0 N–H and O–H groups in total. The Morgan fingerprint density at radius 3 is 1.23 bits per heavy atom. The summed E-state index contributed by atoms with van der Waals surface area (Å²) in [6.45, 7) is 45.6. The van der Waals surface area contributed by atoms with Crippen molar-refractivity contribution in [1.82, 2.24) is 0 Å². The van der Waals surface area contributed by atoms with Crippen LogP contribution in [-0.4, -0.2) is 57.4 Å². The fourth-order valence-corrected chi connectivity index (χ4v) is 19.9. The Kier molecular flexibility index (Phi) is 17.6. The predicted molar refractivity (Wildman–Crippen MR) is 203 cm³/mol. The van der Waals surface area contributed by atoms with Crippen LogP contribution >= 0.6 is 0 Å². The van der Waals surface area contributed by atoms with Crippen LogP contribution in [0.3, 0.4) is 0 Å². The first kappa shape index (κ1) is 44.7. The second kappa shape index (κ2) is 17.4. The minimum Gasteiger partial charge on any atom is -0.661 e. The fraction of sp³-hybridized carbons (Fsp3) is 0.771. The maximum Gasteiger partial charge on any atom is 4.00 e. The molecule has 0 heterocycles. The summed E-state index contributed by atoms with van der Waals surface area (Å²) in [6, 6.07) is 12.1. The smallest absolute Gasteiger partial charge is 0.661 e. The van der Waals surface area contributed by atoms with E-state index in [-0.39, 0.29) is 37.3 Å². The monoisotopic (exact) mass is 752 g/mol. The summed E-state index contributed by atoms with van der Waals surface area (Å²) in [6.07, 6.45) is 0. The van der Waals surface area contributed by atoms with Crippen LogP contribution in [0.1, 0.15) is 67.9 Å². The van der Waals surface area contributed by atoms with Gasteiger partial charge in [-0.25, -0.2) is 0 Å². The Labute approximate surface area is 299 Å². The van der Waals surface area contributed by atoms with Gasteiger partial charge in [-0.05, 0) is 39.3 Å². The maximum absolute atomic E-state index is 6.42. The zero-order chi connectivity index (χ0) is 33.7. The second-order valence-corrected chi connectivity index (χ2v) is 34.8. The number of nitrogens with zero attached hydrogens (tertiary/aromatic N) is 2. The largest absolute Gasteiger partial charge is 4.00 e. The van der Waals surface area contributed by atoms with E-state index in [4.69, 9.17) is 18.8 Å². The zero-order valence-electron chi connectivity index (χ0n) is 31.9. The van der Waals surface area contributed by atoms with E-state index in [0.717, 1.165) is 30.9 Å². The molecule has 2 rings (SSSR count). The van der Waals surface area contributed by atoms with E-state index in [1.54, 1.807) is 5.92 Å². The van der Waals surface area contributed by atoms with Gasteiger partial charge in [-0.2, -0.15) is 42.6 Å². The van der Waals surface area contributed by atoms with Crippen molar-refractivity contribution in [2.24, 2.45) is 11.8 Å². The minimum absolute atomic E-state index is 0. The molecule has 9 heteroatoms. The fourth-order valence-electron chi connectivity index (χ4n) is 7.44. The third-order valence-corrected chi connectivity index (χ3v) is 20.1. The minimum atomic E-state index is -2.02. The van der Waals surface area contributed by atoms with E-state index in [9.17, 15) is 0 Å². The van der Waals surface area contributed by atoms with Gasteiger partial charge in [-0.1, -0.05) is 115 Å². The third-order valence-electron chi connectivity index (χ3n) is 8.51. The zero-order valence-corrected chi connectivity index (χ0v) is 38.4. The Bertz CT molecular complexity index is 901. The molecule has 1 aliphatic rings. The van der Waals surface area contributed by atoms with Crippen molar-refractivity contribution in [2.75, 3.05) is 13.2 Å². The number of hydrogen-bond acceptors (Lipinski definition) is 2. The van der Waals surface area contributed by atoms with Crippen molar-refractivity contribution in [2.45, 2.75) is 149 Å². The summed E-state index contributed by atoms with van der Waals surface area (Å²) in [5, 5.41) is 0. The van der Waals surface area contributed by atoms with Gasteiger partial charge >= 0.3 is 26.2 Å². The normalized spacial score (nSPS) is 24.5. The van der Waals surface area contributed by atoms with Gasteiger partial charge in [-0.15, -0.1) is 23.2 Å². The summed E-state index contributed by atoms with van der Waals surface area (Å²) in [5.74, 6) is 2.97. The molecule has 1 saturated carbocycles. The first-order valence-electron chi connectivity index (χ1n) is 16.7. The standard InChI is InChI=1S/C28H63N2O2Si4.C7H7.Zr/c1-22-23(2)26(36(17,30-28(7,8)9)21-19-32-34(13,14)15)24(3)25(22)35(16,29-27(4,5)6)20-18-31-33(10,11)12;1-7-5-3-2-4-6-7;/h22-23,25-26H,18-21H2,1-17H3;2-6H,1H2;/q-3;-1;+4. The molecule has 0 saturated heterocycles. The first-order valence-corrected chi connectivity index (χ1v) is 28.9. The van der Waals surface area contributed by atoms with Gasteiger partial charge in [0.15, 0.2) is 16.6 Å². The summed E-state index contributed by atoms with van der Waals surface area (Å²) in [5.41, 5.74) is 2.19. The molecule has 0 aliphatic heterocycles. The van der Waals surface area contributed by atoms with Crippen LogP contribution in [0.25, 0.3) is 9.96 Å². The number of rotatable bonds is 12. The molecule has 4 nitrogen and oxygen atoms in total. The summed E-state index contributed by atoms with van der Waals surface area (Å²) >= 11 is 0. The molecule has 0 aromatic heterocycles. The third kappa shape index (κ3) is 15.7. The first-order chi connectivity index (χ1) is 19.2. The van der Waals surface area contributed by atoms with E-state index in [0.29, 0.717) is 22.9 Å². The van der Waals surface area contributed by atoms with Gasteiger partial charge in [-0.3, -0.25) is 0 Å². The number of hydrogen-bond donors (Lipinski definition) is 0. The maximum atomic E-state index is 6.42. The van der Waals surface area contributed by atoms with Gasteiger partial charge in [0, 0.05) is 13.2 Å². The van der Waals surface area contributed by atoms with Crippen molar-refractivity contribution < 1.29 is 35.1 Å². The van der Waals surface area contributed by atoms with Gasteiger partial charge in [0.05, 0.1) is 0 Å². The van der Waals surface area contributed by atoms with Gasteiger partial charge in [0.1, 0.15) is 0 Å². The van der Waals surface area contributed by atoms with Crippen LogP contribution in [0.15, 0.2) is 30.3 Å². The molecule has 252 valence electrons. The van der Waals surface area contributed by atoms with Gasteiger partial charge in [0.25, 0.3) is 0 Å². The molecule has 0 spiro atoms. The number of benzene rings is 1. The van der Waals surface area contributed by atoms with Crippen LogP contribution in [0.4, 0.5) is 0 Å². The van der Waals surface area contributed by atoms with E-state index < -0.39 is 33.1 Å². The van der Waals surface area contributed by atoms with Crippen molar-refractivity contribution in [1.29, 1.82) is 0 Å². The van der Waals surface area contributed by atoms with Crippen molar-refractivity contribution in [3.8, 4) is 0 Å². The Hall–Kier alpha value is 0.681. The van der Waals surface area contributed by atoms with Crippen molar-refractivity contribution >= 4 is 33.1 Å². The Balaban J connectivity index is 0.00000202. The molecule has 1 aromatic carbocycles. The van der Waals surface area contributed by atoms with E-state index in [2.05, 4.69) is 122 Å². The van der Waals surface area contributed by atoms with E-state index in [1.165, 1.54) is 0 Å². The topological polar surface area (TPSA) is 46.7 Å². The van der Waals surface area contributed by atoms with E-state index in [1.807, 2.05) is 30.3 Å². The molecular weight excluding hydrogens is 684 g/mol. The molecule has 1 fully saturated rings. The molecule has 1 aliphatic carbocycles. The molecule has 1 aromatic rings. The molecular formula is C35H70N2O2Si4Zr. The van der Waals surface area contributed by atoms with Crippen LogP contribution in [-0.2, 0) is 35.1 Å². The van der Waals surface area contributed by atoms with Crippen LogP contribution in [0.5, 0.6) is 0 Å². The van der Waals surface area contributed by atoms with Crippen LogP contribution in [0, 0.1) is 24.7 Å². The summed E-state index contributed by atoms with van der Waals surface area (Å²) < 4.78 is 12.8. The molecule has 44 heavy (non-hydrogen) atoms. The Morgan fingerprint density at radius 1 is 0.682 bits per heavy atom. The quantitative estimate of drug-likeness (QED) is 0.158. The Morgan fingerprint density at radius 2 is 1.00 bits per heavy atom. The van der Waals surface area contributed by atoms with Crippen molar-refractivity contribution in [3.05, 3.63) is 58.7 Å². The average Bonchev–Trinajstić information content (AvgIpc) is 2.99. The molecule has 0 amide bonds. The summed E-state index contributed by atoms with van der Waals surface area (Å²) in [7, 11) is -7.13. The molecule has 6 atom stereocenters. The second-order valence-electron chi connectivity index (χ2n) is 17.6. The SMILES string of the molecule is C[C-]1C([Si](C)(CCO[Si](C)(C)C)[N-]C(C)(C)C)C(C)C(C)C1[Si](C)(CCO[Si](C)(C)C)[N-]C(C)(C)C.[CH2-]c1ccccc1.[Zr+4]. The van der Waals surface area contributed by atoms with E-state index >= 15 is 0 Å². The van der Waals surface area contributed by atoms with Crippen LogP contribution in [0.2, 0.25) is 75.5 Å². The summed E-state index contributed by atoms with van der Waals surface area (Å²) in [4.78, 5) is 11.4. The molecule has 0 bridgehead atoms. The van der Waals surface area contributed by atoms with Gasteiger partial charge in [0.2, 0.25) is 0 Å².